The van der Waals surface area contributed by atoms with E-state index in [4.69, 9.17) is 25.5 Å². The number of hydrogen-bond donors (Lipinski definition) is 1. The summed E-state index contributed by atoms with van der Waals surface area (Å²) in [5.74, 6) is 0.523. The molecule has 3 aromatic carbocycles. The van der Waals surface area contributed by atoms with Crippen molar-refractivity contribution in [2.75, 3.05) is 18.5 Å². The van der Waals surface area contributed by atoms with Crippen LogP contribution >= 0.6 is 11.6 Å². The van der Waals surface area contributed by atoms with Crippen LogP contribution in [-0.4, -0.2) is 19.1 Å². The van der Waals surface area contributed by atoms with Gasteiger partial charge in [-0.15, -0.1) is 0 Å². The molecule has 0 atom stereocenters. The van der Waals surface area contributed by atoms with Crippen molar-refractivity contribution in [3.63, 3.8) is 0 Å². The molecule has 0 fully saturated rings. The number of benzene rings is 3. The van der Waals surface area contributed by atoms with Crippen LogP contribution in [0.2, 0.25) is 5.02 Å². The van der Waals surface area contributed by atoms with E-state index in [0.29, 0.717) is 39.6 Å². The highest BCUT2D eigenvalue weighted by Gasteiger charge is 2.19. The number of carbonyl (C=O) groups is 1. The van der Waals surface area contributed by atoms with E-state index in [1.807, 2.05) is 19.9 Å². The van der Waals surface area contributed by atoms with Crippen LogP contribution in [0, 0.1) is 0 Å². The summed E-state index contributed by atoms with van der Waals surface area (Å²) < 4.78 is 17.2. The number of amides is 1. The van der Waals surface area contributed by atoms with Gasteiger partial charge in [0.1, 0.15) is 11.3 Å². The molecule has 0 saturated carbocycles. The molecule has 174 valence electrons. The molecule has 0 radical (unpaired) electrons. The van der Waals surface area contributed by atoms with Crippen LogP contribution in [0.3, 0.4) is 0 Å². The molecule has 1 N–H and O–H groups in total. The number of ether oxygens (including phenoxy) is 2. The molecule has 1 aromatic heterocycles. The lowest BCUT2D eigenvalue weighted by atomic mass is 10.1. The number of fused-ring (bicyclic) bond motifs is 1. The van der Waals surface area contributed by atoms with Crippen LogP contribution in [0.5, 0.6) is 11.5 Å². The minimum atomic E-state index is -0.409. The lowest BCUT2D eigenvalue weighted by molar-refractivity contribution is -0.118. The van der Waals surface area contributed by atoms with Gasteiger partial charge in [0, 0.05) is 16.3 Å². The monoisotopic (exact) mass is 477 g/mol. The fourth-order valence-electron chi connectivity index (χ4n) is 3.50. The molecule has 0 saturated heterocycles. The molecule has 0 unspecified atom stereocenters. The quantitative estimate of drug-likeness (QED) is 0.332. The van der Waals surface area contributed by atoms with E-state index in [1.165, 1.54) is 0 Å². The van der Waals surface area contributed by atoms with Crippen molar-refractivity contribution >= 4 is 34.2 Å². The Morgan fingerprint density at radius 3 is 2.38 bits per heavy atom. The molecule has 7 heteroatoms. The molecule has 0 spiro atoms. The van der Waals surface area contributed by atoms with E-state index in [-0.39, 0.29) is 23.5 Å². The molecule has 4 aromatic rings. The molecule has 1 amide bonds. The second kappa shape index (κ2) is 10.4. The van der Waals surface area contributed by atoms with Crippen molar-refractivity contribution in [2.45, 2.75) is 20.3 Å². The van der Waals surface area contributed by atoms with Crippen LogP contribution in [0.1, 0.15) is 19.4 Å². The summed E-state index contributed by atoms with van der Waals surface area (Å²) in [4.78, 5) is 25.9. The maximum Gasteiger partial charge on any atom is 0.262 e. The van der Waals surface area contributed by atoms with Crippen LogP contribution in [0.4, 0.5) is 5.69 Å². The fraction of sp³-hybridized carbons (Fsp3) is 0.185. The van der Waals surface area contributed by atoms with Crippen molar-refractivity contribution in [2.24, 2.45) is 0 Å². The minimum absolute atomic E-state index is 0.0232. The first-order chi connectivity index (χ1) is 16.5. The summed E-state index contributed by atoms with van der Waals surface area (Å²) in [6.07, 6.45) is 0.773. The van der Waals surface area contributed by atoms with Crippen LogP contribution in [0.15, 0.2) is 75.9 Å². The fourth-order valence-corrected chi connectivity index (χ4v) is 3.63. The van der Waals surface area contributed by atoms with Gasteiger partial charge in [-0.1, -0.05) is 24.6 Å². The Morgan fingerprint density at radius 2 is 1.71 bits per heavy atom. The maximum absolute atomic E-state index is 13.4. The Bertz CT molecular complexity index is 1360. The zero-order valence-electron chi connectivity index (χ0n) is 18.9. The highest BCUT2D eigenvalue weighted by Crippen LogP contribution is 2.32. The Labute approximate surface area is 202 Å². The van der Waals surface area contributed by atoms with Gasteiger partial charge in [0.15, 0.2) is 12.4 Å². The van der Waals surface area contributed by atoms with Crippen LogP contribution < -0.4 is 20.2 Å². The Kier molecular flexibility index (Phi) is 7.18. The van der Waals surface area contributed by atoms with E-state index >= 15 is 0 Å². The Hall–Kier alpha value is -3.77. The van der Waals surface area contributed by atoms with E-state index in [1.54, 1.807) is 60.7 Å². The SMILES string of the molecule is CCOc1ccc(NC(=O)COc2c(-c3ccc(Cl)cc3)oc3ccc(CC)cc3c2=O)cc1. The van der Waals surface area contributed by atoms with Gasteiger partial charge in [0.05, 0.1) is 12.0 Å². The van der Waals surface area contributed by atoms with Crippen molar-refractivity contribution < 1.29 is 18.7 Å². The van der Waals surface area contributed by atoms with Crippen molar-refractivity contribution in [3.8, 4) is 22.8 Å². The summed E-state index contributed by atoms with van der Waals surface area (Å²) in [5, 5.41) is 3.71. The number of aryl methyl sites for hydroxylation is 1. The van der Waals surface area contributed by atoms with Gasteiger partial charge in [0.25, 0.3) is 5.91 Å². The maximum atomic E-state index is 13.4. The Balaban J connectivity index is 1.63. The number of hydrogen-bond acceptors (Lipinski definition) is 5. The largest absolute Gasteiger partial charge is 0.494 e. The van der Waals surface area contributed by atoms with E-state index in [2.05, 4.69) is 5.32 Å². The average molecular weight is 478 g/mol. The molecule has 6 nitrogen and oxygen atoms in total. The van der Waals surface area contributed by atoms with Gasteiger partial charge < -0.3 is 19.2 Å². The zero-order chi connectivity index (χ0) is 24.1. The second-order valence-electron chi connectivity index (χ2n) is 7.57. The van der Waals surface area contributed by atoms with Crippen molar-refractivity contribution in [3.05, 3.63) is 87.5 Å². The zero-order valence-corrected chi connectivity index (χ0v) is 19.6. The van der Waals surface area contributed by atoms with Crippen LogP contribution in [-0.2, 0) is 11.2 Å². The number of halogens is 1. The molecular weight excluding hydrogens is 454 g/mol. The van der Waals surface area contributed by atoms with E-state index in [9.17, 15) is 9.59 Å². The van der Waals surface area contributed by atoms with Gasteiger partial charge in [-0.2, -0.15) is 0 Å². The first-order valence-corrected chi connectivity index (χ1v) is 11.4. The van der Waals surface area contributed by atoms with Crippen LogP contribution in [0.25, 0.3) is 22.3 Å². The smallest absolute Gasteiger partial charge is 0.262 e. The third-order valence-electron chi connectivity index (χ3n) is 5.22. The molecular formula is C27H24ClNO5. The molecule has 0 bridgehead atoms. The third-order valence-corrected chi connectivity index (χ3v) is 5.48. The minimum Gasteiger partial charge on any atom is -0.494 e. The normalized spacial score (nSPS) is 10.8. The predicted molar refractivity (Wildman–Crippen MR) is 134 cm³/mol. The molecule has 0 aliphatic rings. The number of anilines is 1. The summed E-state index contributed by atoms with van der Waals surface area (Å²) in [5.41, 5.74) is 2.31. The third kappa shape index (κ3) is 5.24. The summed E-state index contributed by atoms with van der Waals surface area (Å²) in [6, 6.07) is 19.4. The summed E-state index contributed by atoms with van der Waals surface area (Å²) in [6.45, 7) is 4.10. The lowest BCUT2D eigenvalue weighted by Crippen LogP contribution is -2.22. The topological polar surface area (TPSA) is 77.8 Å². The first-order valence-electron chi connectivity index (χ1n) is 11.0. The van der Waals surface area contributed by atoms with E-state index < -0.39 is 5.91 Å². The van der Waals surface area contributed by atoms with Gasteiger partial charge in [0.2, 0.25) is 11.2 Å². The molecule has 4 rings (SSSR count). The number of nitrogens with one attached hydrogen (secondary N) is 1. The van der Waals surface area contributed by atoms with Gasteiger partial charge in [-0.3, -0.25) is 9.59 Å². The van der Waals surface area contributed by atoms with Crippen molar-refractivity contribution in [1.82, 2.24) is 0 Å². The predicted octanol–water partition coefficient (Wildman–Crippen LogP) is 6.09. The average Bonchev–Trinajstić information content (AvgIpc) is 2.85. The number of rotatable bonds is 8. The highest BCUT2D eigenvalue weighted by atomic mass is 35.5. The Morgan fingerprint density at radius 1 is 0.971 bits per heavy atom. The standard InChI is InChI=1S/C27H24ClNO5/c1-3-17-5-14-23-22(15-17)25(31)27(26(34-23)18-6-8-19(28)9-7-18)33-16-24(30)29-20-10-12-21(13-11-20)32-4-2/h5-15H,3-4,16H2,1-2H3,(H,29,30). The summed E-state index contributed by atoms with van der Waals surface area (Å²) in [7, 11) is 0. The highest BCUT2D eigenvalue weighted by molar-refractivity contribution is 6.30. The van der Waals surface area contributed by atoms with Gasteiger partial charge >= 0.3 is 0 Å². The molecule has 0 aliphatic heterocycles. The number of carbonyl (C=O) groups excluding carboxylic acids is 1. The molecule has 34 heavy (non-hydrogen) atoms. The van der Waals surface area contributed by atoms with E-state index in [0.717, 1.165) is 12.0 Å². The van der Waals surface area contributed by atoms with Gasteiger partial charge in [-0.05, 0) is 79.6 Å². The van der Waals surface area contributed by atoms with Crippen molar-refractivity contribution in [1.29, 1.82) is 0 Å². The first kappa shape index (κ1) is 23.4. The molecule has 1 heterocycles. The molecule has 0 aliphatic carbocycles. The van der Waals surface area contributed by atoms with Gasteiger partial charge in [-0.25, -0.2) is 0 Å². The lowest BCUT2D eigenvalue weighted by Gasteiger charge is -2.13. The second-order valence-corrected chi connectivity index (χ2v) is 8.01. The summed E-state index contributed by atoms with van der Waals surface area (Å²) >= 11 is 6.02.